The zero-order valence-electron chi connectivity index (χ0n) is 10.1. The third-order valence-corrected chi connectivity index (χ3v) is 3.54. The Morgan fingerprint density at radius 3 is 2.71 bits per heavy atom. The van der Waals surface area contributed by atoms with E-state index in [1.54, 1.807) is 12.1 Å². The second-order valence-corrected chi connectivity index (χ2v) is 4.64. The van der Waals surface area contributed by atoms with Gasteiger partial charge < -0.3 is 10.7 Å². The molecular weight excluding hydrogens is 214 g/mol. The molecule has 1 aliphatic carbocycles. The average molecular weight is 233 g/mol. The second-order valence-electron chi connectivity index (χ2n) is 4.64. The van der Waals surface area contributed by atoms with Gasteiger partial charge in [-0.25, -0.2) is 0 Å². The molecule has 4 nitrogen and oxygen atoms in total. The molecule has 0 spiro atoms. The molecule has 1 fully saturated rings. The molecular formula is C13H19N3O. The van der Waals surface area contributed by atoms with E-state index in [4.69, 9.17) is 5.84 Å². The number of carbonyl (C=O) groups is 1. The third kappa shape index (κ3) is 2.58. The summed E-state index contributed by atoms with van der Waals surface area (Å²) in [4.78, 5) is 12.1. The average Bonchev–Trinajstić information content (AvgIpc) is 2.26. The zero-order valence-corrected chi connectivity index (χ0v) is 10.1. The summed E-state index contributed by atoms with van der Waals surface area (Å²) >= 11 is 0. The number of hydrazine groups is 1. The van der Waals surface area contributed by atoms with Crippen LogP contribution in [-0.4, -0.2) is 11.9 Å². The van der Waals surface area contributed by atoms with E-state index in [9.17, 15) is 4.79 Å². The summed E-state index contributed by atoms with van der Waals surface area (Å²) < 4.78 is 0. The monoisotopic (exact) mass is 233 g/mol. The Hall–Kier alpha value is -1.55. The minimum absolute atomic E-state index is 0.0575. The summed E-state index contributed by atoms with van der Waals surface area (Å²) in [6.45, 7) is 2.07. The van der Waals surface area contributed by atoms with E-state index in [2.05, 4.69) is 17.7 Å². The molecule has 1 saturated carbocycles. The number of rotatable bonds is 4. The lowest BCUT2D eigenvalue weighted by Gasteiger charge is -2.32. The number of hydrogen-bond donors (Lipinski definition) is 3. The van der Waals surface area contributed by atoms with Crippen molar-refractivity contribution in [2.45, 2.75) is 32.2 Å². The molecule has 1 aromatic rings. The van der Waals surface area contributed by atoms with Gasteiger partial charge in [0.2, 0.25) is 0 Å². The van der Waals surface area contributed by atoms with Gasteiger partial charge in [0.1, 0.15) is 0 Å². The molecule has 1 amide bonds. The topological polar surface area (TPSA) is 67.2 Å². The maximum atomic E-state index is 12.1. The van der Waals surface area contributed by atoms with Gasteiger partial charge in [0.15, 0.2) is 0 Å². The molecule has 0 saturated heterocycles. The van der Waals surface area contributed by atoms with E-state index in [-0.39, 0.29) is 11.9 Å². The SMILES string of the molecule is CC(NC(=O)c1ccccc1NN)C1CCC1. The Morgan fingerprint density at radius 1 is 1.41 bits per heavy atom. The van der Waals surface area contributed by atoms with Crippen LogP contribution < -0.4 is 16.6 Å². The van der Waals surface area contributed by atoms with Gasteiger partial charge >= 0.3 is 0 Å². The first-order chi connectivity index (χ1) is 8.22. The summed E-state index contributed by atoms with van der Waals surface area (Å²) in [6, 6.07) is 7.49. The largest absolute Gasteiger partial charge is 0.349 e. The minimum Gasteiger partial charge on any atom is -0.349 e. The lowest BCUT2D eigenvalue weighted by Crippen LogP contribution is -2.41. The van der Waals surface area contributed by atoms with Crippen LogP contribution in [0.2, 0.25) is 0 Å². The van der Waals surface area contributed by atoms with Crippen LogP contribution in [0.15, 0.2) is 24.3 Å². The number of para-hydroxylation sites is 1. The highest BCUT2D eigenvalue weighted by Crippen LogP contribution is 2.29. The van der Waals surface area contributed by atoms with Crippen molar-refractivity contribution in [3.63, 3.8) is 0 Å². The normalized spacial score (nSPS) is 17.1. The first-order valence-electron chi connectivity index (χ1n) is 6.09. The first-order valence-corrected chi connectivity index (χ1v) is 6.09. The van der Waals surface area contributed by atoms with Gasteiger partial charge in [0, 0.05) is 6.04 Å². The van der Waals surface area contributed by atoms with E-state index in [1.165, 1.54) is 19.3 Å². The molecule has 4 N–H and O–H groups in total. The van der Waals surface area contributed by atoms with E-state index in [0.717, 1.165) is 0 Å². The van der Waals surface area contributed by atoms with Crippen molar-refractivity contribution in [3.05, 3.63) is 29.8 Å². The predicted octanol–water partition coefficient (Wildman–Crippen LogP) is 1.89. The molecule has 1 aromatic carbocycles. The molecule has 4 heteroatoms. The minimum atomic E-state index is -0.0575. The Balaban J connectivity index is 2.03. The van der Waals surface area contributed by atoms with Gasteiger partial charge in [-0.05, 0) is 37.8 Å². The lowest BCUT2D eigenvalue weighted by atomic mass is 9.80. The highest BCUT2D eigenvalue weighted by Gasteiger charge is 2.25. The highest BCUT2D eigenvalue weighted by molar-refractivity contribution is 5.99. The van der Waals surface area contributed by atoms with Crippen molar-refractivity contribution in [2.75, 3.05) is 5.43 Å². The fourth-order valence-electron chi connectivity index (χ4n) is 2.15. The predicted molar refractivity (Wildman–Crippen MR) is 68.5 cm³/mol. The van der Waals surface area contributed by atoms with E-state index < -0.39 is 0 Å². The molecule has 0 heterocycles. The summed E-state index contributed by atoms with van der Waals surface area (Å²) in [5.41, 5.74) is 3.80. The van der Waals surface area contributed by atoms with Crippen LogP contribution in [-0.2, 0) is 0 Å². The van der Waals surface area contributed by atoms with Crippen molar-refractivity contribution in [1.82, 2.24) is 5.32 Å². The smallest absolute Gasteiger partial charge is 0.253 e. The Kier molecular flexibility index (Phi) is 3.64. The van der Waals surface area contributed by atoms with E-state index in [0.29, 0.717) is 17.2 Å². The first kappa shape index (κ1) is 11.9. The summed E-state index contributed by atoms with van der Waals surface area (Å²) in [7, 11) is 0. The van der Waals surface area contributed by atoms with Gasteiger partial charge in [-0.2, -0.15) is 0 Å². The van der Waals surface area contributed by atoms with Gasteiger partial charge in [-0.1, -0.05) is 18.6 Å². The quantitative estimate of drug-likeness (QED) is 0.549. The second kappa shape index (κ2) is 5.19. The number of nitrogens with one attached hydrogen (secondary N) is 2. The van der Waals surface area contributed by atoms with Gasteiger partial charge in [0.05, 0.1) is 11.3 Å². The van der Waals surface area contributed by atoms with Crippen molar-refractivity contribution in [1.29, 1.82) is 0 Å². The van der Waals surface area contributed by atoms with Gasteiger partial charge in [-0.15, -0.1) is 0 Å². The van der Waals surface area contributed by atoms with Crippen molar-refractivity contribution in [3.8, 4) is 0 Å². The van der Waals surface area contributed by atoms with Crippen LogP contribution in [0.5, 0.6) is 0 Å². The number of hydrogen-bond acceptors (Lipinski definition) is 3. The molecule has 92 valence electrons. The number of benzene rings is 1. The van der Waals surface area contributed by atoms with Crippen molar-refractivity contribution >= 4 is 11.6 Å². The van der Waals surface area contributed by atoms with Crippen molar-refractivity contribution in [2.24, 2.45) is 11.8 Å². The van der Waals surface area contributed by atoms with Crippen LogP contribution in [0.4, 0.5) is 5.69 Å². The van der Waals surface area contributed by atoms with Crippen LogP contribution in [0, 0.1) is 5.92 Å². The Morgan fingerprint density at radius 2 is 2.12 bits per heavy atom. The standard InChI is InChI=1S/C13H19N3O/c1-9(10-5-4-6-10)15-13(17)11-7-2-3-8-12(11)16-14/h2-3,7-10,16H,4-6,14H2,1H3,(H,15,17). The Labute approximate surface area is 102 Å². The maximum Gasteiger partial charge on any atom is 0.253 e. The summed E-state index contributed by atoms with van der Waals surface area (Å²) in [5.74, 6) is 5.96. The van der Waals surface area contributed by atoms with Crippen LogP contribution >= 0.6 is 0 Å². The fourth-order valence-corrected chi connectivity index (χ4v) is 2.15. The summed E-state index contributed by atoms with van der Waals surface area (Å²) in [6.07, 6.45) is 3.72. The molecule has 1 atom stereocenters. The number of nitrogen functional groups attached to an aromatic ring is 1. The number of nitrogens with two attached hydrogens (primary N) is 1. The number of anilines is 1. The Bertz CT molecular complexity index is 401. The van der Waals surface area contributed by atoms with Crippen LogP contribution in [0.25, 0.3) is 0 Å². The molecule has 17 heavy (non-hydrogen) atoms. The number of carbonyl (C=O) groups excluding carboxylic acids is 1. The highest BCUT2D eigenvalue weighted by atomic mass is 16.1. The van der Waals surface area contributed by atoms with Crippen molar-refractivity contribution < 1.29 is 4.79 Å². The van der Waals surface area contributed by atoms with E-state index in [1.807, 2.05) is 12.1 Å². The lowest BCUT2D eigenvalue weighted by molar-refractivity contribution is 0.0910. The van der Waals surface area contributed by atoms with E-state index >= 15 is 0 Å². The molecule has 1 aliphatic rings. The van der Waals surface area contributed by atoms with Crippen LogP contribution in [0.3, 0.4) is 0 Å². The molecule has 0 aromatic heterocycles. The van der Waals surface area contributed by atoms with Crippen LogP contribution in [0.1, 0.15) is 36.5 Å². The molecule has 1 unspecified atom stereocenters. The molecule has 0 radical (unpaired) electrons. The number of amides is 1. The molecule has 0 aliphatic heterocycles. The zero-order chi connectivity index (χ0) is 12.3. The van der Waals surface area contributed by atoms with Gasteiger partial charge in [0.25, 0.3) is 5.91 Å². The molecule has 0 bridgehead atoms. The summed E-state index contributed by atoms with van der Waals surface area (Å²) in [5, 5.41) is 3.04. The molecule has 2 rings (SSSR count). The third-order valence-electron chi connectivity index (χ3n) is 3.54. The fraction of sp³-hybridized carbons (Fsp3) is 0.462. The van der Waals surface area contributed by atoms with Gasteiger partial charge in [-0.3, -0.25) is 10.6 Å². The maximum absolute atomic E-state index is 12.1.